The van der Waals surface area contributed by atoms with Gasteiger partial charge < -0.3 is 0 Å². The third-order valence-corrected chi connectivity index (χ3v) is 13.9. The molecule has 11 aromatic carbocycles. The molecule has 2 aliphatic rings. The minimum Gasteiger partial charge on any atom is -0.0616 e. The van der Waals surface area contributed by atoms with Gasteiger partial charge in [0, 0.05) is 10.8 Å². The zero-order chi connectivity index (χ0) is 35.8. The molecule has 0 saturated carbocycles. The summed E-state index contributed by atoms with van der Waals surface area (Å²) in [7, 11) is 0. The fourth-order valence-corrected chi connectivity index (χ4v) is 11.3. The van der Waals surface area contributed by atoms with Gasteiger partial charge in [-0.15, -0.1) is 0 Å². The smallest absolute Gasteiger partial charge is 0.0159 e. The monoisotopic (exact) mass is 684 g/mol. The van der Waals surface area contributed by atoms with Gasteiger partial charge in [-0.3, -0.25) is 0 Å². The summed E-state index contributed by atoms with van der Waals surface area (Å²) in [6, 6.07) is 56.2. The van der Waals surface area contributed by atoms with Crippen molar-refractivity contribution in [1.29, 1.82) is 0 Å². The Morgan fingerprint density at radius 2 is 0.722 bits per heavy atom. The van der Waals surface area contributed by atoms with Gasteiger partial charge in [-0.2, -0.15) is 0 Å². The zero-order valence-electron chi connectivity index (χ0n) is 30.9. The van der Waals surface area contributed by atoms with Gasteiger partial charge in [-0.05, 0) is 155 Å². The topological polar surface area (TPSA) is 0 Å². The second kappa shape index (κ2) is 9.46. The van der Waals surface area contributed by atoms with Crippen LogP contribution < -0.4 is 0 Å². The molecule has 0 fully saturated rings. The highest BCUT2D eigenvalue weighted by Gasteiger charge is 2.43. The molecule has 11 aromatic rings. The van der Waals surface area contributed by atoms with Crippen molar-refractivity contribution in [1.82, 2.24) is 0 Å². The fourth-order valence-electron chi connectivity index (χ4n) is 11.3. The maximum atomic E-state index is 2.60. The molecular weight excluding hydrogens is 649 g/mol. The molecule has 0 amide bonds. The van der Waals surface area contributed by atoms with Crippen molar-refractivity contribution in [3.05, 3.63) is 168 Å². The number of rotatable bonds is 1. The van der Waals surface area contributed by atoms with Crippen LogP contribution >= 0.6 is 0 Å². The quantitative estimate of drug-likeness (QED) is 0.151. The summed E-state index contributed by atoms with van der Waals surface area (Å²) in [5.74, 6) is 0. The molecule has 54 heavy (non-hydrogen) atoms. The van der Waals surface area contributed by atoms with Crippen molar-refractivity contribution in [3.8, 4) is 33.4 Å². The molecular formula is C54H36. The van der Waals surface area contributed by atoms with Gasteiger partial charge in [0.15, 0.2) is 0 Å². The number of fused-ring (bicyclic) bond motifs is 9. The normalized spacial score (nSPS) is 15.3. The van der Waals surface area contributed by atoms with Crippen LogP contribution in [0.2, 0.25) is 0 Å². The van der Waals surface area contributed by atoms with E-state index in [0.29, 0.717) is 0 Å². The molecule has 0 unspecified atom stereocenters. The van der Waals surface area contributed by atoms with Gasteiger partial charge in [0.1, 0.15) is 0 Å². The van der Waals surface area contributed by atoms with E-state index in [1.165, 1.54) is 131 Å². The van der Waals surface area contributed by atoms with E-state index in [0.717, 1.165) is 0 Å². The largest absolute Gasteiger partial charge is 0.0616 e. The summed E-state index contributed by atoms with van der Waals surface area (Å²) < 4.78 is 0. The fraction of sp³-hybridized carbons (Fsp3) is 0.111. The standard InChI is InChI=1S/C54H36/c1-53(2)44-27-41-43(28-42(44)52-39-24-21-32-12-8-10-30-17-18-34(25-45(52)53)50(39)48(30)32)54(3,4)46-26-40(35-13-5-6-14-37(35)51(41)46)36-22-19-33-16-15-29-9-7-11-31-20-23-38(36)49(33)47(29)31/h5-28H,1-4H3. The Bertz CT molecular complexity index is 3450. The molecule has 0 saturated heterocycles. The Balaban J connectivity index is 1.09. The molecule has 0 N–H and O–H groups in total. The molecule has 252 valence electrons. The van der Waals surface area contributed by atoms with E-state index in [1.54, 1.807) is 0 Å². The molecule has 0 atom stereocenters. The van der Waals surface area contributed by atoms with Gasteiger partial charge in [-0.25, -0.2) is 0 Å². The van der Waals surface area contributed by atoms with E-state index >= 15 is 0 Å². The second-order valence-electron chi connectivity index (χ2n) is 17.2. The predicted octanol–water partition coefficient (Wildman–Crippen LogP) is 14.9. The molecule has 0 aliphatic heterocycles. The lowest BCUT2D eigenvalue weighted by atomic mass is 9.78. The Hall–Kier alpha value is -6.24. The third kappa shape index (κ3) is 3.34. The van der Waals surface area contributed by atoms with Gasteiger partial charge in [0.05, 0.1) is 0 Å². The first-order valence-electron chi connectivity index (χ1n) is 19.4. The van der Waals surface area contributed by atoms with Gasteiger partial charge >= 0.3 is 0 Å². The SMILES string of the molecule is CC1(C)c2cc3c(cc2-c2c1cc(-c1ccc4ccc5cccc6ccc1c4c56)c1ccccc21)C(C)(C)c1cc2ccc4cccc5ccc(c1-3)c2c45. The minimum atomic E-state index is -0.182. The summed E-state index contributed by atoms with van der Waals surface area (Å²) in [5.41, 5.74) is 13.7. The van der Waals surface area contributed by atoms with Crippen molar-refractivity contribution in [2.45, 2.75) is 38.5 Å². The van der Waals surface area contributed by atoms with Crippen LogP contribution in [0.15, 0.2) is 146 Å². The number of hydrogen-bond acceptors (Lipinski definition) is 0. The van der Waals surface area contributed by atoms with Crippen LogP contribution in [-0.2, 0) is 10.8 Å². The van der Waals surface area contributed by atoms with Crippen molar-refractivity contribution in [3.63, 3.8) is 0 Å². The van der Waals surface area contributed by atoms with E-state index in [-0.39, 0.29) is 10.8 Å². The molecule has 0 bridgehead atoms. The zero-order valence-corrected chi connectivity index (χ0v) is 30.9. The summed E-state index contributed by atoms with van der Waals surface area (Å²) in [6.45, 7) is 9.80. The lowest BCUT2D eigenvalue weighted by Crippen LogP contribution is -2.17. The lowest BCUT2D eigenvalue weighted by Gasteiger charge is -2.25. The Labute approximate surface area is 314 Å². The highest BCUT2D eigenvalue weighted by molar-refractivity contribution is 6.28. The third-order valence-electron chi connectivity index (χ3n) is 13.9. The molecule has 0 heterocycles. The molecule has 13 rings (SSSR count). The van der Waals surface area contributed by atoms with Crippen LogP contribution in [0.3, 0.4) is 0 Å². The van der Waals surface area contributed by atoms with Crippen molar-refractivity contribution < 1.29 is 0 Å². The molecule has 0 heteroatoms. The van der Waals surface area contributed by atoms with Crippen molar-refractivity contribution in [2.24, 2.45) is 0 Å². The van der Waals surface area contributed by atoms with Crippen LogP contribution in [0, 0.1) is 0 Å². The van der Waals surface area contributed by atoms with Crippen molar-refractivity contribution in [2.75, 3.05) is 0 Å². The summed E-state index contributed by atoms with van der Waals surface area (Å²) in [4.78, 5) is 0. The van der Waals surface area contributed by atoms with Crippen LogP contribution in [0.1, 0.15) is 49.9 Å². The highest BCUT2D eigenvalue weighted by Crippen LogP contribution is 2.60. The van der Waals surface area contributed by atoms with Crippen LogP contribution in [0.25, 0.3) is 109 Å². The predicted molar refractivity (Wildman–Crippen MR) is 232 cm³/mol. The van der Waals surface area contributed by atoms with Crippen LogP contribution in [0.5, 0.6) is 0 Å². The van der Waals surface area contributed by atoms with Crippen LogP contribution in [-0.4, -0.2) is 0 Å². The number of hydrogen-bond donors (Lipinski definition) is 0. The average molecular weight is 685 g/mol. The molecule has 0 aromatic heterocycles. The van der Waals surface area contributed by atoms with Gasteiger partial charge in [-0.1, -0.05) is 149 Å². The van der Waals surface area contributed by atoms with E-state index in [1.807, 2.05) is 0 Å². The molecule has 2 aliphatic carbocycles. The van der Waals surface area contributed by atoms with Gasteiger partial charge in [0.2, 0.25) is 0 Å². The van der Waals surface area contributed by atoms with Crippen LogP contribution in [0.4, 0.5) is 0 Å². The first-order valence-corrected chi connectivity index (χ1v) is 19.4. The van der Waals surface area contributed by atoms with E-state index < -0.39 is 0 Å². The Morgan fingerprint density at radius 3 is 1.35 bits per heavy atom. The molecule has 0 radical (unpaired) electrons. The first kappa shape index (κ1) is 29.2. The number of benzene rings is 11. The summed E-state index contributed by atoms with van der Waals surface area (Å²) >= 11 is 0. The van der Waals surface area contributed by atoms with E-state index in [2.05, 4.69) is 173 Å². The molecule has 0 nitrogen and oxygen atoms in total. The second-order valence-corrected chi connectivity index (χ2v) is 17.2. The molecule has 0 spiro atoms. The van der Waals surface area contributed by atoms with E-state index in [4.69, 9.17) is 0 Å². The lowest BCUT2D eigenvalue weighted by molar-refractivity contribution is 0.652. The maximum Gasteiger partial charge on any atom is 0.0159 e. The van der Waals surface area contributed by atoms with Crippen molar-refractivity contribution >= 4 is 75.4 Å². The van der Waals surface area contributed by atoms with E-state index in [9.17, 15) is 0 Å². The minimum absolute atomic E-state index is 0.130. The summed E-state index contributed by atoms with van der Waals surface area (Å²) in [6.07, 6.45) is 0. The first-order chi connectivity index (χ1) is 26.3. The average Bonchev–Trinajstić information content (AvgIpc) is 3.56. The summed E-state index contributed by atoms with van der Waals surface area (Å²) in [5, 5.41) is 18.8. The van der Waals surface area contributed by atoms with Gasteiger partial charge in [0.25, 0.3) is 0 Å². The maximum absolute atomic E-state index is 2.60. The Kier molecular flexibility index (Phi) is 5.12. The Morgan fingerprint density at radius 1 is 0.278 bits per heavy atom. The highest BCUT2D eigenvalue weighted by atomic mass is 14.5.